The van der Waals surface area contributed by atoms with Crippen molar-refractivity contribution in [3.05, 3.63) is 41.0 Å². The summed E-state index contributed by atoms with van der Waals surface area (Å²) in [5.74, 6) is 0.932. The van der Waals surface area contributed by atoms with Crippen molar-refractivity contribution in [2.24, 2.45) is 0 Å². The van der Waals surface area contributed by atoms with Gasteiger partial charge in [0, 0.05) is 28.5 Å². The average molecular weight is 331 g/mol. The molecule has 4 nitrogen and oxygen atoms in total. The lowest BCUT2D eigenvalue weighted by Crippen LogP contribution is -2.01. The van der Waals surface area contributed by atoms with Crippen LogP contribution in [0.2, 0.25) is 0 Å². The van der Waals surface area contributed by atoms with Crippen LogP contribution in [0.25, 0.3) is 22.6 Å². The molecule has 0 bridgehead atoms. The van der Waals surface area contributed by atoms with Crippen LogP contribution in [0.3, 0.4) is 0 Å². The molecule has 0 spiro atoms. The van der Waals surface area contributed by atoms with Gasteiger partial charge in [-0.15, -0.1) is 0 Å². The smallest absolute Gasteiger partial charge is 0.160 e. The number of aryl methyl sites for hydroxylation is 1. The topological polar surface area (TPSA) is 56.7 Å². The molecule has 0 fully saturated rings. The summed E-state index contributed by atoms with van der Waals surface area (Å²) in [7, 11) is 0. The first-order valence-corrected chi connectivity index (χ1v) is 7.36. The number of pyridine rings is 1. The van der Waals surface area contributed by atoms with Crippen LogP contribution in [0.5, 0.6) is 0 Å². The van der Waals surface area contributed by atoms with Gasteiger partial charge >= 0.3 is 0 Å². The summed E-state index contributed by atoms with van der Waals surface area (Å²) in [6, 6.07) is 9.79. The Morgan fingerprint density at radius 1 is 1.30 bits per heavy atom. The van der Waals surface area contributed by atoms with E-state index in [1.165, 1.54) is 0 Å². The van der Waals surface area contributed by atoms with Crippen LogP contribution in [-0.4, -0.2) is 14.5 Å². The average Bonchev–Trinajstić information content (AvgIpc) is 2.82. The predicted octanol–water partition coefficient (Wildman–Crippen LogP) is 3.85. The number of anilines is 1. The van der Waals surface area contributed by atoms with Gasteiger partial charge in [0.2, 0.25) is 0 Å². The zero-order valence-electron chi connectivity index (χ0n) is 11.2. The van der Waals surface area contributed by atoms with Crippen LogP contribution in [0.15, 0.2) is 41.0 Å². The molecule has 1 aromatic carbocycles. The summed E-state index contributed by atoms with van der Waals surface area (Å²) >= 11 is 3.47. The van der Waals surface area contributed by atoms with Crippen molar-refractivity contribution in [2.75, 3.05) is 5.73 Å². The van der Waals surface area contributed by atoms with E-state index in [9.17, 15) is 0 Å². The summed E-state index contributed by atoms with van der Waals surface area (Å²) in [5.41, 5.74) is 9.47. The molecule has 0 amide bonds. The molecule has 0 unspecified atom stereocenters. The fraction of sp³-hybridized carbons (Fsp3) is 0.200. The zero-order valence-corrected chi connectivity index (χ0v) is 12.8. The van der Waals surface area contributed by atoms with Gasteiger partial charge in [0.15, 0.2) is 5.65 Å². The van der Waals surface area contributed by atoms with Crippen LogP contribution < -0.4 is 5.73 Å². The normalized spacial score (nSPS) is 11.1. The lowest BCUT2D eigenvalue weighted by Gasteiger charge is -2.08. The summed E-state index contributed by atoms with van der Waals surface area (Å²) < 4.78 is 3.05. The second-order valence-electron chi connectivity index (χ2n) is 4.67. The van der Waals surface area contributed by atoms with Gasteiger partial charge in [0.05, 0.1) is 0 Å². The van der Waals surface area contributed by atoms with Crippen molar-refractivity contribution >= 4 is 32.8 Å². The van der Waals surface area contributed by atoms with Gasteiger partial charge in [-0.25, -0.2) is 9.97 Å². The number of benzene rings is 1. The minimum atomic E-state index is 0.727. The molecule has 102 valence electrons. The van der Waals surface area contributed by atoms with E-state index in [1.807, 2.05) is 30.3 Å². The Labute approximate surface area is 125 Å². The van der Waals surface area contributed by atoms with E-state index in [4.69, 9.17) is 10.7 Å². The summed E-state index contributed by atoms with van der Waals surface area (Å²) in [6.45, 7) is 3.04. The van der Waals surface area contributed by atoms with E-state index >= 15 is 0 Å². The number of nitrogens with two attached hydrogens (primary N) is 1. The highest BCUT2D eigenvalue weighted by molar-refractivity contribution is 9.10. The third kappa shape index (κ3) is 2.18. The quantitative estimate of drug-likeness (QED) is 0.742. The number of hydrogen-bond donors (Lipinski definition) is 1. The predicted molar refractivity (Wildman–Crippen MR) is 85.4 cm³/mol. The molecule has 0 saturated heterocycles. The molecule has 0 aliphatic rings. The van der Waals surface area contributed by atoms with Gasteiger partial charge in [-0.2, -0.15) is 0 Å². The number of nitrogen functional groups attached to an aromatic ring is 1. The van der Waals surface area contributed by atoms with Crippen LogP contribution in [0.1, 0.15) is 13.3 Å². The third-order valence-corrected chi connectivity index (χ3v) is 3.90. The lowest BCUT2D eigenvalue weighted by molar-refractivity contribution is 0.698. The van der Waals surface area contributed by atoms with E-state index in [0.29, 0.717) is 0 Å². The molecule has 0 saturated carbocycles. The number of halogens is 1. The molecular weight excluding hydrogens is 316 g/mol. The maximum absolute atomic E-state index is 5.85. The first-order valence-electron chi connectivity index (χ1n) is 6.57. The van der Waals surface area contributed by atoms with Gasteiger partial charge in [0.1, 0.15) is 11.3 Å². The van der Waals surface area contributed by atoms with Gasteiger partial charge in [-0.3, -0.25) is 0 Å². The molecule has 2 N–H and O–H groups in total. The molecule has 2 aromatic heterocycles. The second-order valence-corrected chi connectivity index (χ2v) is 5.52. The summed E-state index contributed by atoms with van der Waals surface area (Å²) in [6.07, 6.45) is 2.84. The fourth-order valence-corrected chi connectivity index (χ4v) is 2.66. The molecule has 2 heterocycles. The Hall–Kier alpha value is -1.88. The minimum absolute atomic E-state index is 0.727. The molecule has 20 heavy (non-hydrogen) atoms. The van der Waals surface area contributed by atoms with Gasteiger partial charge in [-0.1, -0.05) is 6.92 Å². The van der Waals surface area contributed by atoms with Crippen LogP contribution in [-0.2, 0) is 6.54 Å². The SMILES string of the molecule is CCCn1c(-c2ccc(N)c(Br)c2)nc2cccnc21. The number of nitrogens with zero attached hydrogens (tertiary/aromatic N) is 3. The van der Waals surface area contributed by atoms with Crippen LogP contribution in [0, 0.1) is 0 Å². The Balaban J connectivity index is 2.23. The summed E-state index contributed by atoms with van der Waals surface area (Å²) in [5, 5.41) is 0. The molecule has 3 aromatic rings. The second kappa shape index (κ2) is 5.25. The maximum Gasteiger partial charge on any atom is 0.160 e. The van der Waals surface area contributed by atoms with Crippen molar-refractivity contribution in [1.82, 2.24) is 14.5 Å². The molecule has 0 atom stereocenters. The Morgan fingerprint density at radius 3 is 2.90 bits per heavy atom. The monoisotopic (exact) mass is 330 g/mol. The van der Waals surface area contributed by atoms with Crippen molar-refractivity contribution in [3.63, 3.8) is 0 Å². The Bertz CT molecular complexity index is 764. The first kappa shape index (κ1) is 13.1. The molecule has 0 radical (unpaired) electrons. The number of hydrogen-bond acceptors (Lipinski definition) is 3. The molecule has 5 heteroatoms. The summed E-state index contributed by atoms with van der Waals surface area (Å²) in [4.78, 5) is 9.16. The number of rotatable bonds is 3. The van der Waals surface area contributed by atoms with Gasteiger partial charge < -0.3 is 10.3 Å². The molecular formula is C15H15BrN4. The van der Waals surface area contributed by atoms with E-state index in [2.05, 4.69) is 32.4 Å². The number of imidazole rings is 1. The fourth-order valence-electron chi connectivity index (χ4n) is 2.28. The Morgan fingerprint density at radius 2 is 2.15 bits per heavy atom. The van der Waals surface area contributed by atoms with Gasteiger partial charge in [-0.05, 0) is 52.7 Å². The largest absolute Gasteiger partial charge is 0.398 e. The molecule has 0 aliphatic heterocycles. The van der Waals surface area contributed by atoms with Gasteiger partial charge in [0.25, 0.3) is 0 Å². The van der Waals surface area contributed by atoms with Crippen molar-refractivity contribution in [1.29, 1.82) is 0 Å². The van der Waals surface area contributed by atoms with Crippen molar-refractivity contribution < 1.29 is 0 Å². The highest BCUT2D eigenvalue weighted by Gasteiger charge is 2.13. The molecule has 0 aliphatic carbocycles. The van der Waals surface area contributed by atoms with Crippen LogP contribution >= 0.6 is 15.9 Å². The van der Waals surface area contributed by atoms with Crippen LogP contribution in [0.4, 0.5) is 5.69 Å². The third-order valence-electron chi connectivity index (χ3n) is 3.21. The van der Waals surface area contributed by atoms with E-state index in [1.54, 1.807) is 6.20 Å². The minimum Gasteiger partial charge on any atom is -0.398 e. The Kier molecular flexibility index (Phi) is 3.44. The van der Waals surface area contributed by atoms with Crippen molar-refractivity contribution in [3.8, 4) is 11.4 Å². The first-order chi connectivity index (χ1) is 9.70. The highest BCUT2D eigenvalue weighted by Crippen LogP contribution is 2.29. The number of fused-ring (bicyclic) bond motifs is 1. The highest BCUT2D eigenvalue weighted by atomic mass is 79.9. The van der Waals surface area contributed by atoms with E-state index in [-0.39, 0.29) is 0 Å². The lowest BCUT2D eigenvalue weighted by atomic mass is 10.2. The maximum atomic E-state index is 5.85. The van der Waals surface area contributed by atoms with Crippen molar-refractivity contribution in [2.45, 2.75) is 19.9 Å². The van der Waals surface area contributed by atoms with E-state index < -0.39 is 0 Å². The number of aromatic nitrogens is 3. The van der Waals surface area contributed by atoms with E-state index in [0.717, 1.165) is 45.7 Å². The molecule has 3 rings (SSSR count). The zero-order chi connectivity index (χ0) is 14.1. The standard InChI is InChI=1S/C15H15BrN4/c1-2-8-20-14(10-5-6-12(17)11(16)9-10)19-13-4-3-7-18-15(13)20/h3-7,9H,2,8,17H2,1H3.